The summed E-state index contributed by atoms with van der Waals surface area (Å²) in [5.41, 5.74) is 6.77. The smallest absolute Gasteiger partial charge is 0.395 e. The highest BCUT2D eigenvalue weighted by molar-refractivity contribution is 5.47. The van der Waals surface area contributed by atoms with Crippen molar-refractivity contribution < 1.29 is 18.3 Å². The maximum Gasteiger partial charge on any atom is 0.586 e. The maximum atomic E-state index is 13.0. The number of benzene rings is 1. The second-order valence-corrected chi connectivity index (χ2v) is 5.02. The fourth-order valence-electron chi connectivity index (χ4n) is 2.94. The van der Waals surface area contributed by atoms with E-state index in [1.807, 2.05) is 6.07 Å². The first-order valence-corrected chi connectivity index (χ1v) is 6.15. The number of rotatable bonds is 2. The van der Waals surface area contributed by atoms with Gasteiger partial charge in [0.05, 0.1) is 0 Å². The van der Waals surface area contributed by atoms with Gasteiger partial charge in [-0.3, -0.25) is 0 Å². The standard InChI is InChI=1S/C13H15F2NO2/c14-13(15)17-10-4-3-9(7-11(10)18-13)12(8-16)5-1-2-6-12/h3-4,7H,1-2,5-6,8,16H2. The molecule has 1 aliphatic heterocycles. The molecule has 0 bridgehead atoms. The largest absolute Gasteiger partial charge is 0.586 e. The van der Waals surface area contributed by atoms with Crippen LogP contribution in [0.4, 0.5) is 8.78 Å². The summed E-state index contributed by atoms with van der Waals surface area (Å²) in [6.07, 6.45) is 0.704. The zero-order valence-electron chi connectivity index (χ0n) is 9.92. The number of alkyl halides is 2. The van der Waals surface area contributed by atoms with Gasteiger partial charge in [-0.1, -0.05) is 18.9 Å². The second kappa shape index (κ2) is 3.82. The molecule has 98 valence electrons. The third kappa shape index (κ3) is 1.73. The molecule has 1 heterocycles. The van der Waals surface area contributed by atoms with Crippen molar-refractivity contribution in [1.82, 2.24) is 0 Å². The van der Waals surface area contributed by atoms with Gasteiger partial charge in [-0.25, -0.2) is 0 Å². The molecule has 3 rings (SSSR count). The Balaban J connectivity index is 1.97. The Bertz CT molecular complexity index is 470. The number of ether oxygens (including phenoxy) is 2. The topological polar surface area (TPSA) is 44.5 Å². The molecule has 0 saturated heterocycles. The molecule has 2 aliphatic rings. The molecule has 1 aromatic carbocycles. The molecule has 1 aromatic rings. The first-order chi connectivity index (χ1) is 8.55. The quantitative estimate of drug-likeness (QED) is 0.883. The molecule has 1 saturated carbocycles. The average molecular weight is 255 g/mol. The van der Waals surface area contributed by atoms with Crippen LogP contribution < -0.4 is 15.2 Å². The van der Waals surface area contributed by atoms with Crippen molar-refractivity contribution >= 4 is 0 Å². The molecule has 3 nitrogen and oxygen atoms in total. The molecule has 1 aliphatic carbocycles. The molecule has 2 N–H and O–H groups in total. The van der Waals surface area contributed by atoms with Gasteiger partial charge in [-0.05, 0) is 30.5 Å². The fourth-order valence-corrected chi connectivity index (χ4v) is 2.94. The van der Waals surface area contributed by atoms with Gasteiger partial charge in [-0.15, -0.1) is 8.78 Å². The number of hydrogen-bond donors (Lipinski definition) is 1. The van der Waals surface area contributed by atoms with Gasteiger partial charge in [0.25, 0.3) is 0 Å². The van der Waals surface area contributed by atoms with Gasteiger partial charge in [0.15, 0.2) is 11.5 Å². The molecule has 0 radical (unpaired) electrons. The van der Waals surface area contributed by atoms with E-state index in [0.717, 1.165) is 31.2 Å². The van der Waals surface area contributed by atoms with Crippen LogP contribution in [0.1, 0.15) is 31.2 Å². The molecule has 1 fully saturated rings. The van der Waals surface area contributed by atoms with E-state index >= 15 is 0 Å². The zero-order chi connectivity index (χ0) is 12.8. The Labute approximate surface area is 104 Å². The minimum absolute atomic E-state index is 0.0870. The summed E-state index contributed by atoms with van der Waals surface area (Å²) < 4.78 is 34.8. The number of nitrogens with two attached hydrogens (primary N) is 1. The second-order valence-electron chi connectivity index (χ2n) is 5.02. The lowest BCUT2D eigenvalue weighted by atomic mass is 9.79. The predicted molar refractivity (Wildman–Crippen MR) is 61.8 cm³/mol. The third-order valence-electron chi connectivity index (χ3n) is 3.97. The van der Waals surface area contributed by atoms with Gasteiger partial charge >= 0.3 is 6.29 Å². The van der Waals surface area contributed by atoms with Crippen LogP contribution in [-0.4, -0.2) is 12.8 Å². The first-order valence-electron chi connectivity index (χ1n) is 6.15. The van der Waals surface area contributed by atoms with Crippen molar-refractivity contribution in [1.29, 1.82) is 0 Å². The van der Waals surface area contributed by atoms with Gasteiger partial charge in [0.1, 0.15) is 0 Å². The summed E-state index contributed by atoms with van der Waals surface area (Å²) >= 11 is 0. The van der Waals surface area contributed by atoms with Crippen molar-refractivity contribution in [2.75, 3.05) is 6.54 Å². The third-order valence-corrected chi connectivity index (χ3v) is 3.97. The highest BCUT2D eigenvalue weighted by Gasteiger charge is 2.44. The zero-order valence-corrected chi connectivity index (χ0v) is 9.92. The molecule has 0 atom stereocenters. The summed E-state index contributed by atoms with van der Waals surface area (Å²) in [5.74, 6) is 0.200. The van der Waals surface area contributed by atoms with Gasteiger partial charge in [-0.2, -0.15) is 0 Å². The Morgan fingerprint density at radius 2 is 1.78 bits per heavy atom. The molecule has 0 unspecified atom stereocenters. The van der Waals surface area contributed by atoms with E-state index < -0.39 is 6.29 Å². The van der Waals surface area contributed by atoms with Crippen LogP contribution in [0.25, 0.3) is 0 Å². The molecule has 0 amide bonds. The fraction of sp³-hybridized carbons (Fsp3) is 0.538. The van der Waals surface area contributed by atoms with E-state index in [1.54, 1.807) is 12.1 Å². The summed E-state index contributed by atoms with van der Waals surface area (Å²) in [5, 5.41) is 0. The predicted octanol–water partition coefficient (Wildman–Crippen LogP) is 2.78. The Hall–Kier alpha value is -1.36. The van der Waals surface area contributed by atoms with Crippen molar-refractivity contribution in [3.05, 3.63) is 23.8 Å². The summed E-state index contributed by atoms with van der Waals surface area (Å²) in [4.78, 5) is 0. The van der Waals surface area contributed by atoms with Crippen LogP contribution in [0.2, 0.25) is 0 Å². The highest BCUT2D eigenvalue weighted by Crippen LogP contribution is 2.46. The van der Waals surface area contributed by atoms with Gasteiger partial charge < -0.3 is 15.2 Å². The number of hydrogen-bond acceptors (Lipinski definition) is 3. The SMILES string of the molecule is NCC1(c2ccc3c(c2)OC(F)(F)O3)CCCC1. The van der Waals surface area contributed by atoms with Crippen LogP contribution in [0.5, 0.6) is 11.5 Å². The molecular formula is C13H15F2NO2. The van der Waals surface area contributed by atoms with Crippen molar-refractivity contribution in [3.63, 3.8) is 0 Å². The molecule has 18 heavy (non-hydrogen) atoms. The Kier molecular flexibility index (Phi) is 2.48. The Morgan fingerprint density at radius 1 is 1.11 bits per heavy atom. The summed E-state index contributed by atoms with van der Waals surface area (Å²) in [6.45, 7) is 0.531. The minimum atomic E-state index is -3.55. The lowest BCUT2D eigenvalue weighted by Crippen LogP contribution is -2.31. The van der Waals surface area contributed by atoms with E-state index in [0.29, 0.717) is 6.54 Å². The summed E-state index contributed by atoms with van der Waals surface area (Å²) in [7, 11) is 0. The van der Waals surface area contributed by atoms with Crippen LogP contribution in [0, 0.1) is 0 Å². The normalized spacial score (nSPS) is 23.3. The van der Waals surface area contributed by atoms with Gasteiger partial charge in [0.2, 0.25) is 0 Å². The minimum Gasteiger partial charge on any atom is -0.395 e. The molecule has 0 spiro atoms. The molecule has 0 aromatic heterocycles. The lowest BCUT2D eigenvalue weighted by molar-refractivity contribution is -0.286. The first kappa shape index (κ1) is 11.7. The van der Waals surface area contributed by atoms with Crippen LogP contribution in [0.15, 0.2) is 18.2 Å². The van der Waals surface area contributed by atoms with Crippen molar-refractivity contribution in [2.24, 2.45) is 5.73 Å². The van der Waals surface area contributed by atoms with E-state index in [1.165, 1.54) is 0 Å². The summed E-state index contributed by atoms with van der Waals surface area (Å²) in [6, 6.07) is 5.01. The van der Waals surface area contributed by atoms with E-state index in [9.17, 15) is 8.78 Å². The molecular weight excluding hydrogens is 240 g/mol. The maximum absolute atomic E-state index is 13.0. The van der Waals surface area contributed by atoms with E-state index in [2.05, 4.69) is 9.47 Å². The average Bonchev–Trinajstić information content (AvgIpc) is 2.90. The van der Waals surface area contributed by atoms with Crippen molar-refractivity contribution in [3.8, 4) is 11.5 Å². The molecule has 5 heteroatoms. The van der Waals surface area contributed by atoms with Crippen LogP contribution >= 0.6 is 0 Å². The van der Waals surface area contributed by atoms with E-state index in [4.69, 9.17) is 5.73 Å². The van der Waals surface area contributed by atoms with Crippen LogP contribution in [0.3, 0.4) is 0 Å². The lowest BCUT2D eigenvalue weighted by Gasteiger charge is -2.27. The van der Waals surface area contributed by atoms with E-state index in [-0.39, 0.29) is 16.9 Å². The Morgan fingerprint density at radius 3 is 2.44 bits per heavy atom. The number of halogens is 2. The van der Waals surface area contributed by atoms with Crippen molar-refractivity contribution in [2.45, 2.75) is 37.4 Å². The number of fused-ring (bicyclic) bond motifs is 1. The van der Waals surface area contributed by atoms with Crippen LogP contribution in [-0.2, 0) is 5.41 Å². The van der Waals surface area contributed by atoms with Gasteiger partial charge in [0, 0.05) is 12.0 Å². The monoisotopic (exact) mass is 255 g/mol. The highest BCUT2D eigenvalue weighted by atomic mass is 19.3.